The Kier molecular flexibility index (Phi) is 1.85. The molecule has 0 radical (unpaired) electrons. The third kappa shape index (κ3) is 1.71. The lowest BCUT2D eigenvalue weighted by molar-refractivity contribution is 0.332. The normalized spacial score (nSPS) is 19.4. The number of aromatic nitrogens is 2. The fraction of sp³-hybridized carbons (Fsp3) is 0.750. The lowest BCUT2D eigenvalue weighted by Crippen LogP contribution is -2.19. The summed E-state index contributed by atoms with van der Waals surface area (Å²) in [4.78, 5) is 6.23. The topological polar surface area (TPSA) is 68.2 Å². The van der Waals surface area contributed by atoms with Crippen LogP contribution >= 0.6 is 0 Å². The molecule has 2 rings (SSSR count). The zero-order valence-corrected chi connectivity index (χ0v) is 7.95. The van der Waals surface area contributed by atoms with Gasteiger partial charge in [-0.15, -0.1) is 0 Å². The standard InChI is InChI=1S/C8H14N4O/c1-12(2)5-6-10-7(13-11-6)8(9)3-4-8/h3-5,9H2,1-2H3. The first kappa shape index (κ1) is 8.65. The predicted molar refractivity (Wildman–Crippen MR) is 46.8 cm³/mol. The Balaban J connectivity index is 2.09. The Morgan fingerprint density at radius 2 is 2.23 bits per heavy atom. The molecule has 0 amide bonds. The van der Waals surface area contributed by atoms with Crippen molar-refractivity contribution in [2.75, 3.05) is 14.1 Å². The summed E-state index contributed by atoms with van der Waals surface area (Å²) in [5, 5.41) is 3.86. The van der Waals surface area contributed by atoms with Crippen LogP contribution < -0.4 is 5.73 Å². The number of hydrogen-bond acceptors (Lipinski definition) is 5. The van der Waals surface area contributed by atoms with E-state index in [1.807, 2.05) is 19.0 Å². The molecule has 0 atom stereocenters. The first-order valence-corrected chi connectivity index (χ1v) is 4.37. The van der Waals surface area contributed by atoms with Crippen LogP contribution in [0.15, 0.2) is 4.52 Å². The largest absolute Gasteiger partial charge is 0.337 e. The maximum Gasteiger partial charge on any atom is 0.246 e. The van der Waals surface area contributed by atoms with E-state index < -0.39 is 0 Å². The van der Waals surface area contributed by atoms with Gasteiger partial charge in [0.2, 0.25) is 5.89 Å². The van der Waals surface area contributed by atoms with E-state index in [9.17, 15) is 0 Å². The van der Waals surface area contributed by atoms with Crippen molar-refractivity contribution < 1.29 is 4.52 Å². The molecule has 1 heterocycles. The smallest absolute Gasteiger partial charge is 0.246 e. The molecule has 1 aromatic heterocycles. The second-order valence-corrected chi connectivity index (χ2v) is 3.91. The summed E-state index contributed by atoms with van der Waals surface area (Å²) in [5.74, 6) is 1.29. The SMILES string of the molecule is CN(C)Cc1noc(C2(N)CC2)n1. The number of nitrogens with two attached hydrogens (primary N) is 1. The van der Waals surface area contributed by atoms with Crippen LogP contribution in [0.5, 0.6) is 0 Å². The molecule has 5 nitrogen and oxygen atoms in total. The molecule has 1 aromatic rings. The number of hydrogen-bond donors (Lipinski definition) is 1. The molecule has 0 spiro atoms. The molecule has 1 aliphatic rings. The van der Waals surface area contributed by atoms with Crippen molar-refractivity contribution >= 4 is 0 Å². The average molecular weight is 182 g/mol. The Morgan fingerprint density at radius 1 is 1.54 bits per heavy atom. The summed E-state index contributed by atoms with van der Waals surface area (Å²) in [6.45, 7) is 0.694. The van der Waals surface area contributed by atoms with E-state index in [1.165, 1.54) is 0 Å². The van der Waals surface area contributed by atoms with Gasteiger partial charge in [0, 0.05) is 0 Å². The monoisotopic (exact) mass is 182 g/mol. The summed E-state index contributed by atoms with van der Waals surface area (Å²) in [5.41, 5.74) is 5.59. The fourth-order valence-electron chi connectivity index (χ4n) is 1.15. The third-order valence-corrected chi connectivity index (χ3v) is 2.14. The first-order chi connectivity index (χ1) is 6.10. The van der Waals surface area contributed by atoms with Crippen LogP contribution in [0.25, 0.3) is 0 Å². The zero-order valence-electron chi connectivity index (χ0n) is 7.95. The van der Waals surface area contributed by atoms with Gasteiger partial charge in [-0.25, -0.2) is 0 Å². The lowest BCUT2D eigenvalue weighted by Gasteiger charge is -2.03. The van der Waals surface area contributed by atoms with Crippen molar-refractivity contribution in [3.05, 3.63) is 11.7 Å². The summed E-state index contributed by atoms with van der Waals surface area (Å²) >= 11 is 0. The number of rotatable bonds is 3. The second-order valence-electron chi connectivity index (χ2n) is 3.91. The molecule has 0 unspecified atom stereocenters. The Hall–Kier alpha value is -0.940. The fourth-order valence-corrected chi connectivity index (χ4v) is 1.15. The van der Waals surface area contributed by atoms with Crippen LogP contribution in [0.2, 0.25) is 0 Å². The van der Waals surface area contributed by atoms with Gasteiger partial charge in [0.1, 0.15) is 0 Å². The van der Waals surface area contributed by atoms with Gasteiger partial charge < -0.3 is 15.2 Å². The van der Waals surface area contributed by atoms with Crippen molar-refractivity contribution in [2.24, 2.45) is 5.73 Å². The van der Waals surface area contributed by atoms with Gasteiger partial charge in [-0.2, -0.15) is 4.98 Å². The van der Waals surface area contributed by atoms with Gasteiger partial charge in [-0.1, -0.05) is 5.16 Å². The third-order valence-electron chi connectivity index (χ3n) is 2.14. The van der Waals surface area contributed by atoms with Gasteiger partial charge >= 0.3 is 0 Å². The lowest BCUT2D eigenvalue weighted by atomic mass is 10.3. The summed E-state index contributed by atoms with van der Waals surface area (Å²) in [7, 11) is 3.93. The van der Waals surface area contributed by atoms with E-state index in [2.05, 4.69) is 10.1 Å². The maximum atomic E-state index is 5.90. The molecular formula is C8H14N4O. The molecule has 2 N–H and O–H groups in total. The van der Waals surface area contributed by atoms with Gasteiger partial charge in [0.15, 0.2) is 5.82 Å². The van der Waals surface area contributed by atoms with Crippen LogP contribution in [0.4, 0.5) is 0 Å². The van der Waals surface area contributed by atoms with Crippen LogP contribution in [0, 0.1) is 0 Å². The first-order valence-electron chi connectivity index (χ1n) is 4.37. The molecule has 0 bridgehead atoms. The summed E-state index contributed by atoms with van der Waals surface area (Å²) < 4.78 is 5.08. The molecule has 13 heavy (non-hydrogen) atoms. The molecule has 0 aromatic carbocycles. The van der Waals surface area contributed by atoms with Gasteiger partial charge in [-0.05, 0) is 26.9 Å². The Bertz CT molecular complexity index is 303. The van der Waals surface area contributed by atoms with E-state index >= 15 is 0 Å². The highest BCUT2D eigenvalue weighted by atomic mass is 16.5. The van der Waals surface area contributed by atoms with Gasteiger partial charge in [-0.3, -0.25) is 0 Å². The molecule has 1 fully saturated rings. The van der Waals surface area contributed by atoms with Crippen molar-refractivity contribution in [3.8, 4) is 0 Å². The average Bonchev–Trinajstić information content (AvgIpc) is 2.62. The van der Waals surface area contributed by atoms with E-state index in [0.29, 0.717) is 18.3 Å². The van der Waals surface area contributed by atoms with E-state index in [-0.39, 0.29) is 5.54 Å². The molecule has 72 valence electrons. The van der Waals surface area contributed by atoms with Crippen LogP contribution in [0.3, 0.4) is 0 Å². The molecule has 5 heteroatoms. The Labute approximate surface area is 76.9 Å². The summed E-state index contributed by atoms with van der Waals surface area (Å²) in [6, 6.07) is 0. The predicted octanol–water partition coefficient (Wildman–Crippen LogP) is 0.0790. The molecule has 0 aliphatic heterocycles. The highest BCUT2D eigenvalue weighted by molar-refractivity contribution is 5.11. The zero-order chi connectivity index (χ0) is 9.47. The van der Waals surface area contributed by atoms with E-state index in [1.54, 1.807) is 0 Å². The highest BCUT2D eigenvalue weighted by Crippen LogP contribution is 2.41. The minimum atomic E-state index is -0.308. The molecule has 0 saturated heterocycles. The Morgan fingerprint density at radius 3 is 2.77 bits per heavy atom. The van der Waals surface area contributed by atoms with Crippen LogP contribution in [-0.4, -0.2) is 29.1 Å². The van der Waals surface area contributed by atoms with Gasteiger partial charge in [0.25, 0.3) is 0 Å². The van der Waals surface area contributed by atoms with Crippen molar-refractivity contribution in [2.45, 2.75) is 24.9 Å². The van der Waals surface area contributed by atoms with Crippen molar-refractivity contribution in [1.29, 1.82) is 0 Å². The maximum absolute atomic E-state index is 5.90. The minimum Gasteiger partial charge on any atom is -0.337 e. The van der Waals surface area contributed by atoms with Crippen molar-refractivity contribution in [1.82, 2.24) is 15.0 Å². The quantitative estimate of drug-likeness (QED) is 0.717. The molecule has 1 aliphatic carbocycles. The minimum absolute atomic E-state index is 0.308. The van der Waals surface area contributed by atoms with Crippen molar-refractivity contribution in [3.63, 3.8) is 0 Å². The van der Waals surface area contributed by atoms with Crippen LogP contribution in [-0.2, 0) is 12.1 Å². The van der Waals surface area contributed by atoms with Gasteiger partial charge in [0.05, 0.1) is 12.1 Å². The highest BCUT2D eigenvalue weighted by Gasteiger charge is 2.45. The number of nitrogens with zero attached hydrogens (tertiary/aromatic N) is 3. The van der Waals surface area contributed by atoms with Crippen LogP contribution in [0.1, 0.15) is 24.6 Å². The molecular weight excluding hydrogens is 168 g/mol. The van der Waals surface area contributed by atoms with E-state index in [0.717, 1.165) is 12.8 Å². The molecule has 1 saturated carbocycles. The second kappa shape index (κ2) is 2.78. The van der Waals surface area contributed by atoms with E-state index in [4.69, 9.17) is 10.3 Å². The summed E-state index contributed by atoms with van der Waals surface area (Å²) in [6.07, 6.45) is 1.91.